The second kappa shape index (κ2) is 4.85. The van der Waals surface area contributed by atoms with Gasteiger partial charge in [0.15, 0.2) is 17.2 Å². The Bertz CT molecular complexity index is 572. The van der Waals surface area contributed by atoms with Crippen LogP contribution in [0.1, 0.15) is 5.69 Å². The number of rotatable bonds is 3. The van der Waals surface area contributed by atoms with Gasteiger partial charge >= 0.3 is 0 Å². The van der Waals surface area contributed by atoms with Crippen LogP contribution in [0.3, 0.4) is 0 Å². The molecule has 0 fully saturated rings. The zero-order valence-electron chi connectivity index (χ0n) is 9.43. The number of hydrogen-bond donors (Lipinski definition) is 0. The topological polar surface area (TPSA) is 55.1 Å². The number of aromatic nitrogens is 1. The van der Waals surface area contributed by atoms with Gasteiger partial charge in [-0.25, -0.2) is 4.98 Å². The molecule has 0 saturated carbocycles. The van der Waals surface area contributed by atoms with Crippen LogP contribution in [-0.2, 0) is 0 Å². The molecule has 0 bridgehead atoms. The van der Waals surface area contributed by atoms with Gasteiger partial charge in [-0.15, -0.1) is 11.3 Å². The quantitative estimate of drug-likeness (QED) is 0.835. The van der Waals surface area contributed by atoms with Crippen molar-refractivity contribution in [2.75, 3.05) is 14.2 Å². The Morgan fingerprint density at radius 3 is 2.59 bits per heavy atom. The SMILES string of the molecule is COc1ccc(-c2nc(C#N)cs2)cc1OC. The number of benzene rings is 1. The molecule has 1 aromatic carbocycles. The molecule has 0 aliphatic rings. The normalized spacial score (nSPS) is 9.71. The highest BCUT2D eigenvalue weighted by atomic mass is 32.1. The second-order valence-corrected chi connectivity index (χ2v) is 4.08. The van der Waals surface area contributed by atoms with Crippen LogP contribution in [0.4, 0.5) is 0 Å². The van der Waals surface area contributed by atoms with Gasteiger partial charge < -0.3 is 9.47 Å². The Morgan fingerprint density at radius 2 is 2.00 bits per heavy atom. The summed E-state index contributed by atoms with van der Waals surface area (Å²) < 4.78 is 10.4. The molecular formula is C12H10N2O2S. The Hall–Kier alpha value is -2.06. The molecule has 0 saturated heterocycles. The van der Waals surface area contributed by atoms with E-state index in [-0.39, 0.29) is 0 Å². The summed E-state index contributed by atoms with van der Waals surface area (Å²) in [4.78, 5) is 4.19. The fourth-order valence-electron chi connectivity index (χ4n) is 1.43. The molecule has 0 aliphatic carbocycles. The lowest BCUT2D eigenvalue weighted by molar-refractivity contribution is 0.355. The molecule has 86 valence electrons. The van der Waals surface area contributed by atoms with Crippen molar-refractivity contribution in [1.82, 2.24) is 4.98 Å². The smallest absolute Gasteiger partial charge is 0.161 e. The van der Waals surface area contributed by atoms with Crippen LogP contribution >= 0.6 is 11.3 Å². The number of thiazole rings is 1. The molecule has 2 rings (SSSR count). The van der Waals surface area contributed by atoms with Crippen molar-refractivity contribution in [1.29, 1.82) is 5.26 Å². The van der Waals surface area contributed by atoms with Gasteiger partial charge in [0, 0.05) is 10.9 Å². The molecule has 5 heteroatoms. The summed E-state index contributed by atoms with van der Waals surface area (Å²) in [6.45, 7) is 0. The van der Waals surface area contributed by atoms with Gasteiger partial charge in [-0.2, -0.15) is 5.26 Å². The van der Waals surface area contributed by atoms with Crippen molar-refractivity contribution in [3.8, 4) is 28.1 Å². The van der Waals surface area contributed by atoms with E-state index in [1.54, 1.807) is 19.6 Å². The summed E-state index contributed by atoms with van der Waals surface area (Å²) in [5, 5.41) is 11.3. The molecule has 0 aliphatic heterocycles. The molecule has 2 aromatic rings. The number of nitrogens with zero attached hydrogens (tertiary/aromatic N) is 2. The lowest BCUT2D eigenvalue weighted by atomic mass is 10.2. The molecule has 0 spiro atoms. The molecule has 4 nitrogen and oxygen atoms in total. The maximum absolute atomic E-state index is 8.73. The van der Waals surface area contributed by atoms with Crippen molar-refractivity contribution in [3.05, 3.63) is 29.3 Å². The van der Waals surface area contributed by atoms with E-state index in [0.29, 0.717) is 17.2 Å². The van der Waals surface area contributed by atoms with Crippen molar-refractivity contribution >= 4 is 11.3 Å². The van der Waals surface area contributed by atoms with Crippen LogP contribution in [0.15, 0.2) is 23.6 Å². The van der Waals surface area contributed by atoms with E-state index in [4.69, 9.17) is 14.7 Å². The molecule has 17 heavy (non-hydrogen) atoms. The van der Waals surface area contributed by atoms with Crippen LogP contribution in [0.25, 0.3) is 10.6 Å². The minimum Gasteiger partial charge on any atom is -0.493 e. The first-order valence-electron chi connectivity index (χ1n) is 4.86. The van der Waals surface area contributed by atoms with Gasteiger partial charge in [0.2, 0.25) is 0 Å². The van der Waals surface area contributed by atoms with Crippen LogP contribution in [-0.4, -0.2) is 19.2 Å². The number of methoxy groups -OCH3 is 2. The first kappa shape index (κ1) is 11.4. The lowest BCUT2D eigenvalue weighted by Gasteiger charge is -2.07. The lowest BCUT2D eigenvalue weighted by Crippen LogP contribution is -1.90. The first-order chi connectivity index (χ1) is 8.28. The summed E-state index contributed by atoms with van der Waals surface area (Å²) in [6.07, 6.45) is 0. The number of hydrogen-bond acceptors (Lipinski definition) is 5. The minimum atomic E-state index is 0.430. The number of nitriles is 1. The Kier molecular flexibility index (Phi) is 3.26. The zero-order valence-corrected chi connectivity index (χ0v) is 10.2. The summed E-state index contributed by atoms with van der Waals surface area (Å²) in [6, 6.07) is 7.57. The second-order valence-electron chi connectivity index (χ2n) is 3.22. The maximum atomic E-state index is 8.73. The molecular weight excluding hydrogens is 236 g/mol. The summed E-state index contributed by atoms with van der Waals surface area (Å²) in [5.41, 5.74) is 1.34. The van der Waals surface area contributed by atoms with Crippen LogP contribution in [0.5, 0.6) is 11.5 Å². The molecule has 0 radical (unpaired) electrons. The third-order valence-electron chi connectivity index (χ3n) is 2.25. The van der Waals surface area contributed by atoms with Gasteiger partial charge in [0.1, 0.15) is 11.1 Å². The summed E-state index contributed by atoms with van der Waals surface area (Å²) in [5.74, 6) is 1.33. The van der Waals surface area contributed by atoms with Crippen LogP contribution < -0.4 is 9.47 Å². The average molecular weight is 246 g/mol. The molecule has 1 heterocycles. The average Bonchev–Trinajstić information content (AvgIpc) is 2.86. The maximum Gasteiger partial charge on any atom is 0.161 e. The fourth-order valence-corrected chi connectivity index (χ4v) is 2.17. The van der Waals surface area contributed by atoms with E-state index in [1.807, 2.05) is 24.3 Å². The van der Waals surface area contributed by atoms with E-state index in [1.165, 1.54) is 11.3 Å². The van der Waals surface area contributed by atoms with Gasteiger partial charge in [-0.1, -0.05) is 0 Å². The predicted octanol–water partition coefficient (Wildman–Crippen LogP) is 2.70. The predicted molar refractivity (Wildman–Crippen MR) is 65.4 cm³/mol. The molecule has 0 atom stereocenters. The van der Waals surface area contributed by atoms with Crippen LogP contribution in [0, 0.1) is 11.3 Å². The highest BCUT2D eigenvalue weighted by Gasteiger charge is 2.09. The molecule has 1 aromatic heterocycles. The Labute approximate surface area is 103 Å². The Morgan fingerprint density at radius 1 is 1.24 bits per heavy atom. The van der Waals surface area contributed by atoms with E-state index in [9.17, 15) is 0 Å². The van der Waals surface area contributed by atoms with Crippen molar-refractivity contribution in [2.24, 2.45) is 0 Å². The van der Waals surface area contributed by atoms with Gasteiger partial charge in [-0.3, -0.25) is 0 Å². The molecule has 0 amide bonds. The standard InChI is InChI=1S/C12H10N2O2S/c1-15-10-4-3-8(5-11(10)16-2)12-14-9(6-13)7-17-12/h3-5,7H,1-2H3. The van der Waals surface area contributed by atoms with Crippen molar-refractivity contribution in [2.45, 2.75) is 0 Å². The number of ether oxygens (including phenoxy) is 2. The highest BCUT2D eigenvalue weighted by Crippen LogP contribution is 2.33. The third kappa shape index (κ3) is 2.22. The monoisotopic (exact) mass is 246 g/mol. The van der Waals surface area contributed by atoms with Crippen molar-refractivity contribution < 1.29 is 9.47 Å². The van der Waals surface area contributed by atoms with Gasteiger partial charge in [0.05, 0.1) is 14.2 Å². The zero-order chi connectivity index (χ0) is 12.3. The van der Waals surface area contributed by atoms with Gasteiger partial charge in [0.25, 0.3) is 0 Å². The molecule has 0 unspecified atom stereocenters. The van der Waals surface area contributed by atoms with Gasteiger partial charge in [-0.05, 0) is 18.2 Å². The van der Waals surface area contributed by atoms with E-state index >= 15 is 0 Å². The minimum absolute atomic E-state index is 0.430. The van der Waals surface area contributed by atoms with Crippen molar-refractivity contribution in [3.63, 3.8) is 0 Å². The van der Waals surface area contributed by atoms with Crippen LogP contribution in [0.2, 0.25) is 0 Å². The highest BCUT2D eigenvalue weighted by molar-refractivity contribution is 7.13. The summed E-state index contributed by atoms with van der Waals surface area (Å²) >= 11 is 1.43. The van der Waals surface area contributed by atoms with E-state index in [0.717, 1.165) is 10.6 Å². The van der Waals surface area contributed by atoms with E-state index in [2.05, 4.69) is 4.98 Å². The largest absolute Gasteiger partial charge is 0.493 e. The van der Waals surface area contributed by atoms with E-state index < -0.39 is 0 Å². The first-order valence-corrected chi connectivity index (χ1v) is 5.74. The third-order valence-corrected chi connectivity index (χ3v) is 3.14. The molecule has 0 N–H and O–H groups in total. The Balaban J connectivity index is 2.43. The fraction of sp³-hybridized carbons (Fsp3) is 0.167. The summed E-state index contributed by atoms with van der Waals surface area (Å²) in [7, 11) is 3.18.